The van der Waals surface area contributed by atoms with Gasteiger partial charge in [0.1, 0.15) is 0 Å². The molecule has 0 aliphatic carbocycles. The Balaban J connectivity index is 1.80. The summed E-state index contributed by atoms with van der Waals surface area (Å²) in [5, 5.41) is 6.41. The summed E-state index contributed by atoms with van der Waals surface area (Å²) >= 11 is 0. The normalized spacial score (nSPS) is 16.7. The van der Waals surface area contributed by atoms with Gasteiger partial charge in [0, 0.05) is 17.9 Å². The van der Waals surface area contributed by atoms with E-state index < -0.39 is 0 Å². The maximum Gasteiger partial charge on any atom is 0.232 e. The van der Waals surface area contributed by atoms with E-state index in [9.17, 15) is 4.79 Å². The highest BCUT2D eigenvalue weighted by molar-refractivity contribution is 5.97. The number of hydrogen-bond donors (Lipinski definition) is 2. The lowest BCUT2D eigenvalue weighted by Crippen LogP contribution is -2.27. The second kappa shape index (κ2) is 6.00. The Kier molecular flexibility index (Phi) is 3.91. The van der Waals surface area contributed by atoms with Gasteiger partial charge in [0.15, 0.2) is 0 Å². The molecule has 2 N–H and O–H groups in total. The number of benzene rings is 2. The van der Waals surface area contributed by atoms with E-state index in [1.54, 1.807) is 0 Å². The average Bonchev–Trinajstić information content (AvgIpc) is 2.54. The van der Waals surface area contributed by atoms with Crippen LogP contribution in [0.5, 0.6) is 0 Å². The smallest absolute Gasteiger partial charge is 0.232 e. The molecule has 3 heteroatoms. The Morgan fingerprint density at radius 2 is 2.10 bits per heavy atom. The molecule has 1 heterocycles. The topological polar surface area (TPSA) is 41.1 Å². The van der Waals surface area contributed by atoms with Gasteiger partial charge < -0.3 is 10.6 Å². The minimum absolute atomic E-state index is 0.0762. The molecule has 1 aliphatic rings. The van der Waals surface area contributed by atoms with Crippen molar-refractivity contribution in [3.05, 3.63) is 59.7 Å². The minimum atomic E-state index is -0.0762. The number of carbonyl (C=O) groups excluding carboxylic acids is 1. The van der Waals surface area contributed by atoms with Crippen LogP contribution in [-0.2, 0) is 11.2 Å². The van der Waals surface area contributed by atoms with Crippen molar-refractivity contribution in [3.63, 3.8) is 0 Å². The van der Waals surface area contributed by atoms with Crippen molar-refractivity contribution in [2.24, 2.45) is 0 Å². The minimum Gasteiger partial charge on any atom is -0.385 e. The van der Waals surface area contributed by atoms with Crippen LogP contribution in [0.3, 0.4) is 0 Å². The SMILES string of the molecule is CCc1cccc(NC(=O)C2CCNc3ccccc32)c1. The maximum atomic E-state index is 12.6. The lowest BCUT2D eigenvalue weighted by atomic mass is 9.90. The van der Waals surface area contributed by atoms with Gasteiger partial charge in [-0.05, 0) is 42.2 Å². The molecule has 0 saturated carbocycles. The quantitative estimate of drug-likeness (QED) is 0.898. The first kappa shape index (κ1) is 13.7. The summed E-state index contributed by atoms with van der Waals surface area (Å²) in [6.07, 6.45) is 1.80. The number of nitrogens with one attached hydrogen (secondary N) is 2. The number of rotatable bonds is 3. The van der Waals surface area contributed by atoms with E-state index >= 15 is 0 Å². The molecule has 0 fully saturated rings. The Morgan fingerprint density at radius 1 is 1.24 bits per heavy atom. The van der Waals surface area contributed by atoms with Crippen LogP contribution in [0, 0.1) is 0 Å². The average molecular weight is 280 g/mol. The molecular formula is C18H20N2O. The van der Waals surface area contributed by atoms with Crippen LogP contribution in [0.1, 0.15) is 30.4 Å². The van der Waals surface area contributed by atoms with Crippen LogP contribution in [0.25, 0.3) is 0 Å². The van der Waals surface area contributed by atoms with Crippen LogP contribution < -0.4 is 10.6 Å². The summed E-state index contributed by atoms with van der Waals surface area (Å²) in [5.41, 5.74) is 4.29. The van der Waals surface area contributed by atoms with E-state index in [0.29, 0.717) is 0 Å². The molecule has 0 bridgehead atoms. The number of amides is 1. The molecule has 3 nitrogen and oxygen atoms in total. The van der Waals surface area contributed by atoms with Crippen molar-refractivity contribution in [1.82, 2.24) is 0 Å². The van der Waals surface area contributed by atoms with Crippen LogP contribution in [0.2, 0.25) is 0 Å². The van der Waals surface area contributed by atoms with Crippen molar-refractivity contribution in [2.75, 3.05) is 17.2 Å². The lowest BCUT2D eigenvalue weighted by Gasteiger charge is -2.25. The molecule has 2 aromatic carbocycles. The van der Waals surface area contributed by atoms with Gasteiger partial charge >= 0.3 is 0 Å². The molecule has 108 valence electrons. The molecule has 1 aliphatic heterocycles. The van der Waals surface area contributed by atoms with E-state index in [0.717, 1.165) is 36.3 Å². The molecule has 1 amide bonds. The number of aryl methyl sites for hydroxylation is 1. The van der Waals surface area contributed by atoms with Crippen LogP contribution in [-0.4, -0.2) is 12.5 Å². The summed E-state index contributed by atoms with van der Waals surface area (Å²) in [7, 11) is 0. The van der Waals surface area contributed by atoms with Gasteiger partial charge in [0.2, 0.25) is 5.91 Å². The van der Waals surface area contributed by atoms with E-state index in [2.05, 4.69) is 23.6 Å². The van der Waals surface area contributed by atoms with Gasteiger partial charge in [-0.2, -0.15) is 0 Å². The Bertz CT molecular complexity index is 651. The van der Waals surface area contributed by atoms with Crippen LogP contribution >= 0.6 is 0 Å². The summed E-state index contributed by atoms with van der Waals surface area (Å²) in [4.78, 5) is 12.6. The van der Waals surface area contributed by atoms with Gasteiger partial charge in [-0.3, -0.25) is 4.79 Å². The third kappa shape index (κ3) is 2.92. The lowest BCUT2D eigenvalue weighted by molar-refractivity contribution is -0.117. The molecule has 2 aromatic rings. The standard InChI is InChI=1S/C18H20N2O/c1-2-13-6-5-7-14(12-13)20-18(21)16-10-11-19-17-9-4-3-8-15(16)17/h3-9,12,16,19H,2,10-11H2,1H3,(H,20,21). The fraction of sp³-hybridized carbons (Fsp3) is 0.278. The molecule has 21 heavy (non-hydrogen) atoms. The molecule has 0 saturated heterocycles. The van der Waals surface area contributed by atoms with Crippen molar-refractivity contribution in [2.45, 2.75) is 25.7 Å². The second-order valence-electron chi connectivity index (χ2n) is 5.40. The molecule has 1 unspecified atom stereocenters. The zero-order valence-corrected chi connectivity index (χ0v) is 12.2. The third-order valence-corrected chi connectivity index (χ3v) is 4.00. The molecular weight excluding hydrogens is 260 g/mol. The Morgan fingerprint density at radius 3 is 2.95 bits per heavy atom. The van der Waals surface area contributed by atoms with Crippen molar-refractivity contribution < 1.29 is 4.79 Å². The van der Waals surface area contributed by atoms with Crippen molar-refractivity contribution >= 4 is 17.3 Å². The maximum absolute atomic E-state index is 12.6. The fourth-order valence-corrected chi connectivity index (χ4v) is 2.84. The second-order valence-corrected chi connectivity index (χ2v) is 5.40. The molecule has 3 rings (SSSR count). The first-order valence-electron chi connectivity index (χ1n) is 7.50. The van der Waals surface area contributed by atoms with Crippen molar-refractivity contribution in [1.29, 1.82) is 0 Å². The highest BCUT2D eigenvalue weighted by Crippen LogP contribution is 2.32. The van der Waals surface area contributed by atoms with E-state index in [-0.39, 0.29) is 11.8 Å². The summed E-state index contributed by atoms with van der Waals surface area (Å²) in [6, 6.07) is 16.1. The molecule has 0 aromatic heterocycles. The van der Waals surface area contributed by atoms with Crippen LogP contribution in [0.15, 0.2) is 48.5 Å². The first-order valence-corrected chi connectivity index (χ1v) is 7.50. The van der Waals surface area contributed by atoms with Gasteiger partial charge in [-0.15, -0.1) is 0 Å². The number of anilines is 2. The largest absolute Gasteiger partial charge is 0.385 e. The fourth-order valence-electron chi connectivity index (χ4n) is 2.84. The highest BCUT2D eigenvalue weighted by Gasteiger charge is 2.26. The molecule has 1 atom stereocenters. The molecule has 0 radical (unpaired) electrons. The summed E-state index contributed by atoms with van der Waals surface area (Å²) in [5.74, 6) is 0.00457. The van der Waals surface area contributed by atoms with Gasteiger partial charge in [-0.25, -0.2) is 0 Å². The van der Waals surface area contributed by atoms with Crippen LogP contribution in [0.4, 0.5) is 11.4 Å². The van der Waals surface area contributed by atoms with Gasteiger partial charge in [0.25, 0.3) is 0 Å². The Hall–Kier alpha value is -2.29. The zero-order chi connectivity index (χ0) is 14.7. The van der Waals surface area contributed by atoms with E-state index in [1.165, 1.54) is 5.56 Å². The Labute approximate surface area is 125 Å². The zero-order valence-electron chi connectivity index (χ0n) is 12.2. The number of hydrogen-bond acceptors (Lipinski definition) is 2. The highest BCUT2D eigenvalue weighted by atomic mass is 16.1. The number of carbonyl (C=O) groups is 1. The predicted molar refractivity (Wildman–Crippen MR) is 86.7 cm³/mol. The van der Waals surface area contributed by atoms with E-state index in [1.807, 2.05) is 42.5 Å². The summed E-state index contributed by atoms with van der Waals surface area (Å²) < 4.78 is 0. The summed E-state index contributed by atoms with van der Waals surface area (Å²) in [6.45, 7) is 2.95. The number of para-hydroxylation sites is 1. The van der Waals surface area contributed by atoms with Gasteiger partial charge in [-0.1, -0.05) is 37.3 Å². The molecule has 0 spiro atoms. The monoisotopic (exact) mass is 280 g/mol. The number of fused-ring (bicyclic) bond motifs is 1. The predicted octanol–water partition coefficient (Wildman–Crippen LogP) is 3.79. The van der Waals surface area contributed by atoms with Gasteiger partial charge in [0.05, 0.1) is 5.92 Å². The van der Waals surface area contributed by atoms with Crippen molar-refractivity contribution in [3.8, 4) is 0 Å². The third-order valence-electron chi connectivity index (χ3n) is 4.00. The van der Waals surface area contributed by atoms with E-state index in [4.69, 9.17) is 0 Å². The first-order chi connectivity index (χ1) is 10.3.